The second kappa shape index (κ2) is 4.18. The fourth-order valence-electron chi connectivity index (χ4n) is 1.91. The Morgan fingerprint density at radius 2 is 2.47 bits per heavy atom. The molecule has 2 unspecified atom stereocenters. The Bertz CT molecular complexity index is 343. The lowest BCUT2D eigenvalue weighted by Gasteiger charge is -2.23. The number of alkyl halides is 1. The summed E-state index contributed by atoms with van der Waals surface area (Å²) in [6, 6.07) is 3.13. The van der Waals surface area contributed by atoms with Gasteiger partial charge in [-0.3, -0.25) is 4.98 Å². The molecule has 1 aromatic rings. The fraction of sp³-hybridized carbons (Fsp3) is 0.545. The zero-order valence-corrected chi connectivity index (χ0v) is 10.1. The largest absolute Gasteiger partial charge is 0.365 e. The maximum Gasteiger partial charge on any atom is 0.141 e. The van der Waals surface area contributed by atoms with Crippen molar-refractivity contribution in [3.63, 3.8) is 0 Å². The van der Waals surface area contributed by atoms with Gasteiger partial charge in [0.2, 0.25) is 0 Å². The van der Waals surface area contributed by atoms with Crippen molar-refractivity contribution in [1.29, 1.82) is 0 Å². The Morgan fingerprint density at radius 3 is 3.00 bits per heavy atom. The van der Waals surface area contributed by atoms with E-state index in [4.69, 9.17) is 4.74 Å². The van der Waals surface area contributed by atoms with Crippen LogP contribution < -0.4 is 0 Å². The first-order valence-corrected chi connectivity index (χ1v) is 6.12. The SMILES string of the molecule is CC1(c2ccc(F)cn2)CCC(CBr)O1. The predicted octanol–water partition coefficient (Wildman–Crippen LogP) is 3.01. The van der Waals surface area contributed by atoms with Crippen LogP contribution >= 0.6 is 15.9 Å². The number of nitrogens with zero attached hydrogens (tertiary/aromatic N) is 1. The van der Waals surface area contributed by atoms with Crippen molar-refractivity contribution in [2.45, 2.75) is 31.5 Å². The fourth-order valence-corrected chi connectivity index (χ4v) is 2.36. The standard InChI is InChI=1S/C11H13BrFNO/c1-11(5-4-9(6-12)15-11)10-3-2-8(13)7-14-10/h2-3,7,9H,4-6H2,1H3. The number of pyridine rings is 1. The van der Waals surface area contributed by atoms with Crippen LogP contribution in [-0.2, 0) is 10.3 Å². The smallest absolute Gasteiger partial charge is 0.141 e. The molecular weight excluding hydrogens is 261 g/mol. The van der Waals surface area contributed by atoms with Gasteiger partial charge in [0.05, 0.1) is 18.0 Å². The Hall–Kier alpha value is -0.480. The van der Waals surface area contributed by atoms with Gasteiger partial charge in [0.15, 0.2) is 0 Å². The van der Waals surface area contributed by atoms with Gasteiger partial charge in [0.1, 0.15) is 11.4 Å². The topological polar surface area (TPSA) is 22.1 Å². The molecular formula is C11H13BrFNO. The minimum absolute atomic E-state index is 0.238. The van der Waals surface area contributed by atoms with E-state index in [-0.39, 0.29) is 17.5 Å². The van der Waals surface area contributed by atoms with Gasteiger partial charge >= 0.3 is 0 Å². The molecule has 0 radical (unpaired) electrons. The molecule has 1 aliphatic heterocycles. The predicted molar refractivity (Wildman–Crippen MR) is 59.4 cm³/mol. The van der Waals surface area contributed by atoms with Crippen molar-refractivity contribution >= 4 is 15.9 Å². The second-order valence-corrected chi connectivity index (χ2v) is 4.67. The van der Waals surface area contributed by atoms with Crippen LogP contribution in [0.2, 0.25) is 0 Å². The maximum atomic E-state index is 12.7. The maximum absolute atomic E-state index is 12.7. The van der Waals surface area contributed by atoms with Gasteiger partial charge in [-0.25, -0.2) is 4.39 Å². The van der Waals surface area contributed by atoms with Gasteiger partial charge in [-0.05, 0) is 31.9 Å². The van der Waals surface area contributed by atoms with Crippen LogP contribution in [0.25, 0.3) is 0 Å². The van der Waals surface area contributed by atoms with Crippen molar-refractivity contribution in [2.24, 2.45) is 0 Å². The summed E-state index contributed by atoms with van der Waals surface area (Å²) in [6.45, 7) is 2.01. The molecule has 0 bridgehead atoms. The van der Waals surface area contributed by atoms with Gasteiger partial charge in [-0.2, -0.15) is 0 Å². The van der Waals surface area contributed by atoms with Crippen LogP contribution in [0.3, 0.4) is 0 Å². The molecule has 0 aromatic carbocycles. The van der Waals surface area contributed by atoms with Crippen LogP contribution in [-0.4, -0.2) is 16.4 Å². The molecule has 0 spiro atoms. The van der Waals surface area contributed by atoms with E-state index >= 15 is 0 Å². The molecule has 15 heavy (non-hydrogen) atoms. The summed E-state index contributed by atoms with van der Waals surface area (Å²) in [6.07, 6.45) is 3.43. The monoisotopic (exact) mass is 273 g/mol. The third-order valence-corrected chi connectivity index (χ3v) is 3.53. The molecule has 0 N–H and O–H groups in total. The number of rotatable bonds is 2. The normalized spacial score (nSPS) is 30.7. The van der Waals surface area contributed by atoms with E-state index in [2.05, 4.69) is 20.9 Å². The van der Waals surface area contributed by atoms with Gasteiger partial charge < -0.3 is 4.74 Å². The number of aromatic nitrogens is 1. The summed E-state index contributed by atoms with van der Waals surface area (Å²) in [5.74, 6) is -0.308. The number of ether oxygens (including phenoxy) is 1. The van der Waals surface area contributed by atoms with Crippen LogP contribution in [0.4, 0.5) is 4.39 Å². The molecule has 0 saturated carbocycles. The lowest BCUT2D eigenvalue weighted by atomic mass is 9.97. The quantitative estimate of drug-likeness (QED) is 0.773. The van der Waals surface area contributed by atoms with E-state index < -0.39 is 0 Å². The molecule has 1 fully saturated rings. The highest BCUT2D eigenvalue weighted by Crippen LogP contribution is 2.38. The number of hydrogen-bond acceptors (Lipinski definition) is 2. The minimum Gasteiger partial charge on any atom is -0.365 e. The molecule has 1 aliphatic rings. The highest BCUT2D eigenvalue weighted by molar-refractivity contribution is 9.09. The summed E-state index contributed by atoms with van der Waals surface area (Å²) in [5.41, 5.74) is 0.457. The van der Waals surface area contributed by atoms with Crippen molar-refractivity contribution in [2.75, 3.05) is 5.33 Å². The summed E-state index contributed by atoms with van der Waals surface area (Å²) in [4.78, 5) is 4.09. The lowest BCUT2D eigenvalue weighted by Crippen LogP contribution is -2.24. The third kappa shape index (κ3) is 2.21. The molecule has 2 atom stereocenters. The zero-order valence-electron chi connectivity index (χ0n) is 8.54. The summed E-state index contributed by atoms with van der Waals surface area (Å²) < 4.78 is 18.6. The van der Waals surface area contributed by atoms with Crippen LogP contribution in [0.1, 0.15) is 25.5 Å². The van der Waals surface area contributed by atoms with E-state index in [0.717, 1.165) is 23.9 Å². The Morgan fingerprint density at radius 1 is 1.67 bits per heavy atom. The lowest BCUT2D eigenvalue weighted by molar-refractivity contribution is -0.0251. The molecule has 1 saturated heterocycles. The highest BCUT2D eigenvalue weighted by atomic mass is 79.9. The van der Waals surface area contributed by atoms with Gasteiger partial charge in [-0.1, -0.05) is 15.9 Å². The summed E-state index contributed by atoms with van der Waals surface area (Å²) >= 11 is 3.41. The van der Waals surface area contributed by atoms with Gasteiger partial charge in [0, 0.05) is 5.33 Å². The van der Waals surface area contributed by atoms with Crippen LogP contribution in [0.15, 0.2) is 18.3 Å². The Balaban J connectivity index is 2.20. The van der Waals surface area contributed by atoms with E-state index in [1.54, 1.807) is 6.07 Å². The van der Waals surface area contributed by atoms with Crippen molar-refractivity contribution < 1.29 is 9.13 Å². The highest BCUT2D eigenvalue weighted by Gasteiger charge is 2.38. The second-order valence-electron chi connectivity index (χ2n) is 4.03. The zero-order chi connectivity index (χ0) is 10.9. The van der Waals surface area contributed by atoms with Crippen LogP contribution in [0, 0.1) is 5.82 Å². The number of hydrogen-bond donors (Lipinski definition) is 0. The summed E-state index contributed by atoms with van der Waals surface area (Å²) in [7, 11) is 0. The average Bonchev–Trinajstić information content (AvgIpc) is 2.62. The van der Waals surface area contributed by atoms with Crippen molar-refractivity contribution in [3.05, 3.63) is 29.8 Å². The Labute approximate surface area is 97.0 Å². The van der Waals surface area contributed by atoms with Crippen molar-refractivity contribution in [3.8, 4) is 0 Å². The molecule has 0 amide bonds. The minimum atomic E-state index is -0.355. The first-order chi connectivity index (χ1) is 7.14. The molecule has 2 rings (SSSR count). The van der Waals surface area contributed by atoms with Crippen LogP contribution in [0.5, 0.6) is 0 Å². The van der Waals surface area contributed by atoms with Gasteiger partial charge in [0.25, 0.3) is 0 Å². The average molecular weight is 274 g/mol. The summed E-state index contributed by atoms with van der Waals surface area (Å²) in [5, 5.41) is 0.837. The molecule has 1 aromatic heterocycles. The first kappa shape index (κ1) is 11.0. The molecule has 0 aliphatic carbocycles. The van der Waals surface area contributed by atoms with E-state index in [1.807, 2.05) is 6.92 Å². The van der Waals surface area contributed by atoms with E-state index in [0.29, 0.717) is 0 Å². The first-order valence-electron chi connectivity index (χ1n) is 5.00. The molecule has 4 heteroatoms. The Kier molecular flexibility index (Phi) is 3.07. The number of halogens is 2. The van der Waals surface area contributed by atoms with E-state index in [1.165, 1.54) is 12.3 Å². The molecule has 2 heterocycles. The molecule has 2 nitrogen and oxygen atoms in total. The molecule has 82 valence electrons. The van der Waals surface area contributed by atoms with Gasteiger partial charge in [-0.15, -0.1) is 0 Å². The third-order valence-electron chi connectivity index (χ3n) is 2.81. The van der Waals surface area contributed by atoms with E-state index in [9.17, 15) is 4.39 Å². The van der Waals surface area contributed by atoms with Crippen molar-refractivity contribution in [1.82, 2.24) is 4.98 Å².